The van der Waals surface area contributed by atoms with E-state index in [0.717, 1.165) is 19.3 Å². The average Bonchev–Trinajstić information content (AvgIpc) is 2.92. The molecule has 10 heteroatoms. The zero-order chi connectivity index (χ0) is 19.9. The van der Waals surface area contributed by atoms with E-state index in [2.05, 4.69) is 15.1 Å². The third-order valence-corrected chi connectivity index (χ3v) is 6.90. The van der Waals surface area contributed by atoms with Crippen molar-refractivity contribution in [2.45, 2.75) is 43.5 Å². The first-order chi connectivity index (χ1) is 13.4. The third kappa shape index (κ3) is 3.29. The van der Waals surface area contributed by atoms with Gasteiger partial charge in [-0.2, -0.15) is 4.31 Å². The van der Waals surface area contributed by atoms with Crippen LogP contribution in [-0.4, -0.2) is 34.4 Å². The van der Waals surface area contributed by atoms with Gasteiger partial charge in [0.05, 0.1) is 27.5 Å². The predicted octanol–water partition coefficient (Wildman–Crippen LogP) is 1.82. The number of hydrogen-bond donors (Lipinski definition) is 2. The highest BCUT2D eigenvalue weighted by Crippen LogP contribution is 2.35. The van der Waals surface area contributed by atoms with E-state index in [1.54, 1.807) is 13.0 Å². The molecule has 0 aliphatic carbocycles. The Morgan fingerprint density at radius 2 is 1.96 bits per heavy atom. The Balaban J connectivity index is 1.82. The topological polar surface area (TPSA) is 129 Å². The Morgan fingerprint density at radius 1 is 1.14 bits per heavy atom. The second-order valence-corrected chi connectivity index (χ2v) is 8.86. The van der Waals surface area contributed by atoms with E-state index in [1.165, 1.54) is 22.5 Å². The van der Waals surface area contributed by atoms with Gasteiger partial charge in [0.15, 0.2) is 5.76 Å². The minimum Gasteiger partial charge on any atom is -0.359 e. The molecule has 148 valence electrons. The summed E-state index contributed by atoms with van der Waals surface area (Å²) in [5.41, 5.74) is -0.292. The summed E-state index contributed by atoms with van der Waals surface area (Å²) in [6.07, 6.45) is 3.18. The van der Waals surface area contributed by atoms with Gasteiger partial charge in [-0.05, 0) is 38.0 Å². The summed E-state index contributed by atoms with van der Waals surface area (Å²) in [5, 5.41) is 4.01. The zero-order valence-electron chi connectivity index (χ0n) is 15.3. The molecule has 4 rings (SSSR count). The molecule has 1 atom stereocenters. The Bertz CT molecular complexity index is 1240. The van der Waals surface area contributed by atoms with Gasteiger partial charge < -0.3 is 9.51 Å². The van der Waals surface area contributed by atoms with Crippen LogP contribution >= 0.6 is 0 Å². The predicted molar refractivity (Wildman–Crippen MR) is 102 cm³/mol. The third-order valence-electron chi connectivity index (χ3n) is 5.00. The second kappa shape index (κ2) is 7.02. The lowest BCUT2D eigenvalue weighted by atomic mass is 10.1. The number of sulfonamides is 1. The molecule has 3 aromatic rings. The van der Waals surface area contributed by atoms with Crippen LogP contribution in [0.15, 0.2) is 43.3 Å². The minimum atomic E-state index is -3.89. The summed E-state index contributed by atoms with van der Waals surface area (Å²) in [7, 11) is -3.89. The van der Waals surface area contributed by atoms with E-state index in [1.807, 2.05) is 0 Å². The number of H-pyrrole nitrogens is 2. The Hall–Kier alpha value is -2.72. The van der Waals surface area contributed by atoms with Crippen molar-refractivity contribution >= 4 is 20.9 Å². The molecular formula is C18H20N4O5S. The van der Waals surface area contributed by atoms with Crippen molar-refractivity contribution in [1.82, 2.24) is 19.4 Å². The number of fused-ring (bicyclic) bond motifs is 1. The first-order valence-electron chi connectivity index (χ1n) is 9.08. The largest absolute Gasteiger partial charge is 0.359 e. The van der Waals surface area contributed by atoms with Gasteiger partial charge in [-0.1, -0.05) is 18.0 Å². The number of aryl methyl sites for hydroxylation is 1. The maximum Gasteiger partial charge on any atom is 0.326 e. The molecule has 1 saturated heterocycles. The van der Waals surface area contributed by atoms with Gasteiger partial charge in [-0.15, -0.1) is 0 Å². The van der Waals surface area contributed by atoms with Gasteiger partial charge in [-0.25, -0.2) is 13.2 Å². The highest BCUT2D eigenvalue weighted by atomic mass is 32.2. The number of aromatic nitrogens is 3. The molecule has 0 radical (unpaired) electrons. The van der Waals surface area contributed by atoms with E-state index in [9.17, 15) is 18.0 Å². The number of rotatable bonds is 3. The van der Waals surface area contributed by atoms with Crippen LogP contribution in [0.4, 0.5) is 0 Å². The van der Waals surface area contributed by atoms with Crippen molar-refractivity contribution in [3.05, 3.63) is 56.6 Å². The molecule has 0 bridgehead atoms. The van der Waals surface area contributed by atoms with Crippen LogP contribution in [0, 0.1) is 6.92 Å². The fraction of sp³-hybridized carbons (Fsp3) is 0.389. The van der Waals surface area contributed by atoms with E-state index >= 15 is 0 Å². The van der Waals surface area contributed by atoms with Crippen molar-refractivity contribution in [1.29, 1.82) is 0 Å². The van der Waals surface area contributed by atoms with Crippen LogP contribution in [0.5, 0.6) is 0 Å². The molecule has 0 spiro atoms. The summed E-state index contributed by atoms with van der Waals surface area (Å²) in [4.78, 5) is 28.1. The summed E-state index contributed by atoms with van der Waals surface area (Å²) in [5.74, 6) is 0.519. The Kier molecular flexibility index (Phi) is 4.68. The molecule has 28 heavy (non-hydrogen) atoms. The molecule has 3 heterocycles. The lowest BCUT2D eigenvalue weighted by molar-refractivity contribution is 0.258. The normalized spacial score (nSPS) is 19.0. The van der Waals surface area contributed by atoms with E-state index in [0.29, 0.717) is 24.4 Å². The molecule has 0 unspecified atom stereocenters. The SMILES string of the molecule is Cc1cc([C@H]2CCCCCN2S(=O)(=O)c2ccc3[nH]c(=O)[nH]c(=O)c3c2)on1. The first kappa shape index (κ1) is 18.6. The van der Waals surface area contributed by atoms with Crippen LogP contribution in [0.2, 0.25) is 0 Å². The highest BCUT2D eigenvalue weighted by molar-refractivity contribution is 7.89. The Labute approximate surface area is 160 Å². The maximum absolute atomic E-state index is 13.4. The van der Waals surface area contributed by atoms with Crippen molar-refractivity contribution in [2.75, 3.05) is 6.54 Å². The first-order valence-corrected chi connectivity index (χ1v) is 10.5. The lowest BCUT2D eigenvalue weighted by Gasteiger charge is -2.27. The molecule has 0 amide bonds. The molecule has 1 aliphatic heterocycles. The molecule has 2 aromatic heterocycles. The molecule has 1 fully saturated rings. The molecular weight excluding hydrogens is 384 g/mol. The summed E-state index contributed by atoms with van der Waals surface area (Å²) in [6, 6.07) is 5.45. The van der Waals surface area contributed by atoms with Crippen LogP contribution in [0.25, 0.3) is 10.9 Å². The fourth-order valence-electron chi connectivity index (χ4n) is 3.63. The minimum absolute atomic E-state index is 0.000635. The highest BCUT2D eigenvalue weighted by Gasteiger charge is 2.35. The maximum atomic E-state index is 13.4. The number of benzene rings is 1. The number of hydrogen-bond acceptors (Lipinski definition) is 6. The standard InChI is InChI=1S/C18H20N4O5S/c1-11-9-16(27-21-11)15-5-3-2-4-8-22(15)28(25,26)12-6-7-14-13(10-12)17(23)20-18(24)19-14/h6-7,9-10,15H,2-5,8H2,1H3,(H2,19,20,23,24)/t15-/m1/s1. The van der Waals surface area contributed by atoms with Gasteiger partial charge in [0.25, 0.3) is 5.56 Å². The average molecular weight is 404 g/mol. The molecule has 9 nitrogen and oxygen atoms in total. The monoisotopic (exact) mass is 404 g/mol. The Morgan fingerprint density at radius 3 is 2.71 bits per heavy atom. The van der Waals surface area contributed by atoms with Crippen molar-refractivity contribution in [3.8, 4) is 0 Å². The van der Waals surface area contributed by atoms with Crippen molar-refractivity contribution in [2.24, 2.45) is 0 Å². The summed E-state index contributed by atoms with van der Waals surface area (Å²) >= 11 is 0. The number of nitrogens with zero attached hydrogens (tertiary/aromatic N) is 2. The molecule has 1 aromatic carbocycles. The van der Waals surface area contributed by atoms with Crippen molar-refractivity contribution < 1.29 is 12.9 Å². The van der Waals surface area contributed by atoms with Crippen LogP contribution in [0.3, 0.4) is 0 Å². The fourth-order valence-corrected chi connectivity index (χ4v) is 5.33. The molecule has 1 aliphatic rings. The van der Waals surface area contributed by atoms with E-state index in [-0.39, 0.29) is 15.8 Å². The smallest absolute Gasteiger partial charge is 0.326 e. The molecule has 2 N–H and O–H groups in total. The van der Waals surface area contributed by atoms with Crippen LogP contribution < -0.4 is 11.2 Å². The number of aromatic amines is 2. The zero-order valence-corrected chi connectivity index (χ0v) is 16.1. The van der Waals surface area contributed by atoms with Crippen LogP contribution in [-0.2, 0) is 10.0 Å². The van der Waals surface area contributed by atoms with Gasteiger partial charge in [0.1, 0.15) is 0 Å². The van der Waals surface area contributed by atoms with Crippen LogP contribution in [0.1, 0.15) is 43.2 Å². The lowest BCUT2D eigenvalue weighted by Crippen LogP contribution is -2.35. The van der Waals surface area contributed by atoms with Crippen molar-refractivity contribution in [3.63, 3.8) is 0 Å². The van der Waals surface area contributed by atoms with Gasteiger partial charge in [-0.3, -0.25) is 9.78 Å². The summed E-state index contributed by atoms with van der Waals surface area (Å²) in [6.45, 7) is 2.14. The number of nitrogens with one attached hydrogen (secondary N) is 2. The second-order valence-electron chi connectivity index (χ2n) is 6.97. The van der Waals surface area contributed by atoms with E-state index < -0.39 is 27.3 Å². The quantitative estimate of drug-likeness (QED) is 0.685. The molecule has 0 saturated carbocycles. The van der Waals surface area contributed by atoms with Gasteiger partial charge in [0.2, 0.25) is 10.0 Å². The van der Waals surface area contributed by atoms with Gasteiger partial charge >= 0.3 is 5.69 Å². The van der Waals surface area contributed by atoms with E-state index in [4.69, 9.17) is 4.52 Å². The summed E-state index contributed by atoms with van der Waals surface area (Å²) < 4.78 is 33.7. The van der Waals surface area contributed by atoms with Gasteiger partial charge in [0, 0.05) is 12.6 Å².